The van der Waals surface area contributed by atoms with Crippen molar-refractivity contribution in [1.29, 1.82) is 0 Å². The molecule has 1 fully saturated rings. The molecule has 0 radical (unpaired) electrons. The van der Waals surface area contributed by atoms with E-state index in [0.717, 1.165) is 11.7 Å². The first-order valence-corrected chi connectivity index (χ1v) is 6.95. The zero-order chi connectivity index (χ0) is 13.1. The molecule has 1 aliphatic heterocycles. The number of benzene rings is 1. The molecule has 1 saturated heterocycles. The lowest BCUT2D eigenvalue weighted by Crippen LogP contribution is -2.32. The van der Waals surface area contributed by atoms with E-state index in [4.69, 9.17) is 4.74 Å². The number of methoxy groups -OCH3 is 1. The first-order valence-electron chi connectivity index (χ1n) is 6.95. The van der Waals surface area contributed by atoms with Gasteiger partial charge >= 0.3 is 0 Å². The Morgan fingerprint density at radius 1 is 1.28 bits per heavy atom. The van der Waals surface area contributed by atoms with Crippen LogP contribution in [-0.4, -0.2) is 32.1 Å². The second-order valence-corrected chi connectivity index (χ2v) is 5.66. The molecule has 1 aliphatic rings. The third-order valence-electron chi connectivity index (χ3n) is 4.43. The number of rotatable bonds is 3. The highest BCUT2D eigenvalue weighted by Gasteiger charge is 2.23. The minimum absolute atomic E-state index is 0.633. The van der Waals surface area contributed by atoms with Crippen molar-refractivity contribution < 1.29 is 4.74 Å². The lowest BCUT2D eigenvalue weighted by atomic mass is 9.81. The maximum absolute atomic E-state index is 5.43. The third-order valence-corrected chi connectivity index (χ3v) is 4.43. The molecule has 1 aromatic rings. The first-order chi connectivity index (χ1) is 8.61. The molecule has 0 spiro atoms. The summed E-state index contributed by atoms with van der Waals surface area (Å²) in [6, 6.07) is 6.67. The van der Waals surface area contributed by atoms with Gasteiger partial charge in [-0.25, -0.2) is 0 Å². The highest BCUT2D eigenvalue weighted by Crippen LogP contribution is 2.34. The van der Waals surface area contributed by atoms with Crippen LogP contribution in [0.1, 0.15) is 36.8 Å². The fraction of sp³-hybridized carbons (Fsp3) is 0.625. The Bertz CT molecular complexity index is 394. The van der Waals surface area contributed by atoms with Crippen LogP contribution in [0.3, 0.4) is 0 Å². The summed E-state index contributed by atoms with van der Waals surface area (Å²) in [6.07, 6.45) is 2.63. The van der Waals surface area contributed by atoms with E-state index in [1.165, 1.54) is 37.1 Å². The summed E-state index contributed by atoms with van der Waals surface area (Å²) in [5.74, 6) is 2.47. The molecule has 1 atom stereocenters. The van der Waals surface area contributed by atoms with Crippen LogP contribution in [0.25, 0.3) is 0 Å². The van der Waals surface area contributed by atoms with E-state index in [2.05, 4.69) is 44.0 Å². The molecule has 100 valence electrons. The molecule has 0 N–H and O–H groups in total. The number of nitrogens with zero attached hydrogens (tertiary/aromatic N) is 1. The Hall–Kier alpha value is -1.02. The van der Waals surface area contributed by atoms with Gasteiger partial charge in [0.25, 0.3) is 0 Å². The van der Waals surface area contributed by atoms with Gasteiger partial charge in [0.2, 0.25) is 0 Å². The topological polar surface area (TPSA) is 12.5 Å². The number of aryl methyl sites for hydroxylation is 1. The van der Waals surface area contributed by atoms with Crippen molar-refractivity contribution in [2.45, 2.75) is 32.6 Å². The summed E-state index contributed by atoms with van der Waals surface area (Å²) >= 11 is 0. The van der Waals surface area contributed by atoms with Crippen LogP contribution < -0.4 is 4.74 Å². The average molecular weight is 247 g/mol. The van der Waals surface area contributed by atoms with Crippen LogP contribution in [0.15, 0.2) is 18.2 Å². The van der Waals surface area contributed by atoms with E-state index >= 15 is 0 Å². The minimum atomic E-state index is 0.633. The van der Waals surface area contributed by atoms with Crippen molar-refractivity contribution >= 4 is 0 Å². The molecule has 0 bridgehead atoms. The van der Waals surface area contributed by atoms with E-state index in [-0.39, 0.29) is 0 Å². The van der Waals surface area contributed by atoms with Crippen molar-refractivity contribution in [2.24, 2.45) is 5.92 Å². The summed E-state index contributed by atoms with van der Waals surface area (Å²) in [5, 5.41) is 0. The van der Waals surface area contributed by atoms with Gasteiger partial charge in [0.15, 0.2) is 0 Å². The van der Waals surface area contributed by atoms with Crippen LogP contribution >= 0.6 is 0 Å². The summed E-state index contributed by atoms with van der Waals surface area (Å²) in [6.45, 7) is 6.93. The SMILES string of the molecule is COc1cc(C(C)C2CCN(C)CC2)ccc1C. The van der Waals surface area contributed by atoms with Gasteiger partial charge in [0, 0.05) is 0 Å². The van der Waals surface area contributed by atoms with Gasteiger partial charge in [0.1, 0.15) is 5.75 Å². The van der Waals surface area contributed by atoms with Crippen molar-refractivity contribution in [3.63, 3.8) is 0 Å². The Balaban J connectivity index is 2.10. The minimum Gasteiger partial charge on any atom is -0.496 e. The third kappa shape index (κ3) is 2.86. The van der Waals surface area contributed by atoms with Gasteiger partial charge in [-0.15, -0.1) is 0 Å². The van der Waals surface area contributed by atoms with Crippen LogP contribution in [0.2, 0.25) is 0 Å². The molecule has 1 unspecified atom stereocenters. The number of hydrogen-bond acceptors (Lipinski definition) is 2. The van der Waals surface area contributed by atoms with Crippen molar-refractivity contribution in [2.75, 3.05) is 27.2 Å². The largest absolute Gasteiger partial charge is 0.496 e. The molecule has 0 saturated carbocycles. The van der Waals surface area contributed by atoms with Crippen LogP contribution in [-0.2, 0) is 0 Å². The normalized spacial score (nSPS) is 19.8. The fourth-order valence-corrected chi connectivity index (χ4v) is 2.92. The monoisotopic (exact) mass is 247 g/mol. The maximum atomic E-state index is 5.43. The summed E-state index contributed by atoms with van der Waals surface area (Å²) in [5.41, 5.74) is 2.64. The number of piperidine rings is 1. The summed E-state index contributed by atoms with van der Waals surface area (Å²) in [4.78, 5) is 2.43. The zero-order valence-corrected chi connectivity index (χ0v) is 12.1. The average Bonchev–Trinajstić information content (AvgIpc) is 2.39. The molecule has 1 heterocycles. The smallest absolute Gasteiger partial charge is 0.122 e. The molecule has 0 amide bonds. The van der Waals surface area contributed by atoms with E-state index in [9.17, 15) is 0 Å². The molecular weight excluding hydrogens is 222 g/mol. The van der Waals surface area contributed by atoms with Gasteiger partial charge in [-0.3, -0.25) is 0 Å². The summed E-state index contributed by atoms with van der Waals surface area (Å²) < 4.78 is 5.43. The molecule has 18 heavy (non-hydrogen) atoms. The van der Waals surface area contributed by atoms with Crippen molar-refractivity contribution in [3.05, 3.63) is 29.3 Å². The van der Waals surface area contributed by atoms with Gasteiger partial charge in [-0.2, -0.15) is 0 Å². The van der Waals surface area contributed by atoms with Crippen LogP contribution in [0.5, 0.6) is 5.75 Å². The Morgan fingerprint density at radius 2 is 1.94 bits per heavy atom. The quantitative estimate of drug-likeness (QED) is 0.811. The molecule has 2 rings (SSSR count). The van der Waals surface area contributed by atoms with Crippen LogP contribution in [0.4, 0.5) is 0 Å². The Morgan fingerprint density at radius 3 is 2.56 bits per heavy atom. The van der Waals surface area contributed by atoms with E-state index in [1.54, 1.807) is 7.11 Å². The Kier molecular flexibility index (Phi) is 4.28. The molecular formula is C16H25NO. The van der Waals surface area contributed by atoms with Gasteiger partial charge < -0.3 is 9.64 Å². The Labute approximate surface area is 111 Å². The highest BCUT2D eigenvalue weighted by atomic mass is 16.5. The highest BCUT2D eigenvalue weighted by molar-refractivity contribution is 5.38. The molecule has 0 aromatic heterocycles. The molecule has 1 aromatic carbocycles. The number of likely N-dealkylation sites (tertiary alicyclic amines) is 1. The van der Waals surface area contributed by atoms with E-state index in [1.807, 2.05) is 0 Å². The second kappa shape index (κ2) is 5.75. The number of ether oxygens (including phenoxy) is 1. The van der Waals surface area contributed by atoms with E-state index in [0.29, 0.717) is 5.92 Å². The molecule has 2 heteroatoms. The summed E-state index contributed by atoms with van der Waals surface area (Å²) in [7, 11) is 3.97. The van der Waals surface area contributed by atoms with Gasteiger partial charge in [-0.1, -0.05) is 19.1 Å². The predicted molar refractivity (Wildman–Crippen MR) is 76.4 cm³/mol. The number of hydrogen-bond donors (Lipinski definition) is 0. The molecule has 0 aliphatic carbocycles. The fourth-order valence-electron chi connectivity index (χ4n) is 2.92. The zero-order valence-electron chi connectivity index (χ0n) is 12.1. The van der Waals surface area contributed by atoms with Gasteiger partial charge in [-0.05, 0) is 68.9 Å². The van der Waals surface area contributed by atoms with Crippen molar-refractivity contribution in [3.8, 4) is 5.75 Å². The lowest BCUT2D eigenvalue weighted by molar-refractivity contribution is 0.202. The standard InChI is InChI=1S/C16H25NO/c1-12-5-6-15(11-16(12)18-4)13(2)14-7-9-17(3)10-8-14/h5-6,11,13-14H,7-10H2,1-4H3. The second-order valence-electron chi connectivity index (χ2n) is 5.66. The van der Waals surface area contributed by atoms with Crippen LogP contribution in [0, 0.1) is 12.8 Å². The van der Waals surface area contributed by atoms with E-state index < -0.39 is 0 Å². The first kappa shape index (κ1) is 13.4. The van der Waals surface area contributed by atoms with Crippen molar-refractivity contribution in [1.82, 2.24) is 4.90 Å². The maximum Gasteiger partial charge on any atom is 0.122 e. The van der Waals surface area contributed by atoms with Gasteiger partial charge in [0.05, 0.1) is 7.11 Å². The predicted octanol–water partition coefficient (Wildman–Crippen LogP) is 3.45. The lowest BCUT2D eigenvalue weighted by Gasteiger charge is -2.33. The molecule has 2 nitrogen and oxygen atoms in total.